The molecule has 2 aliphatic rings. The molecule has 0 N–H and O–H groups in total. The van der Waals surface area contributed by atoms with Crippen LogP contribution in [0.25, 0.3) is 21.3 Å². The molecule has 1 fully saturated rings. The van der Waals surface area contributed by atoms with Gasteiger partial charge >= 0.3 is 5.97 Å². The van der Waals surface area contributed by atoms with Crippen LogP contribution in [0, 0.1) is 13.8 Å². The second-order valence-electron chi connectivity index (χ2n) is 12.3. The summed E-state index contributed by atoms with van der Waals surface area (Å²) in [5.74, 6) is 0.898. The molecule has 4 heterocycles. The van der Waals surface area contributed by atoms with Crippen LogP contribution < -0.4 is 10.3 Å². The second kappa shape index (κ2) is 12.8. The third-order valence-electron chi connectivity index (χ3n) is 9.40. The minimum atomic E-state index is -0.427. The fraction of sp³-hybridized carbons (Fsp3) is 0.471. The highest BCUT2D eigenvalue weighted by molar-refractivity contribution is 7.18. The predicted octanol–water partition coefficient (Wildman–Crippen LogP) is 6.01. The number of piperidine rings is 1. The highest BCUT2D eigenvalue weighted by Gasteiger charge is 2.39. The molecule has 11 heteroatoms. The molecule has 0 amide bonds. The maximum Gasteiger partial charge on any atom is 0.340 e. The molecule has 1 aliphatic heterocycles. The minimum Gasteiger partial charge on any atom is -0.491 e. The zero-order chi connectivity index (χ0) is 31.9. The molecular weight excluding hydrogens is 612 g/mol. The number of carbonyl (C=O) groups excluding carboxylic acids is 1. The SMILES string of the molecule is COC(=O)c1csc2c(-c3cc(Cl)ccc3OCCn3c(C)nc4c(c3=O)CC(C)(N3CCC(OC)CC3)CC4)cc(C)nc12. The summed E-state index contributed by atoms with van der Waals surface area (Å²) in [6.07, 6.45) is 4.84. The second-order valence-corrected chi connectivity index (χ2v) is 13.6. The summed E-state index contributed by atoms with van der Waals surface area (Å²) in [7, 11) is 3.15. The number of halogens is 1. The van der Waals surface area contributed by atoms with Crippen LogP contribution in [0.3, 0.4) is 0 Å². The smallest absolute Gasteiger partial charge is 0.340 e. The van der Waals surface area contributed by atoms with Gasteiger partial charge in [-0.3, -0.25) is 19.2 Å². The minimum absolute atomic E-state index is 0.0236. The number of likely N-dealkylation sites (tertiary alicyclic amines) is 1. The first kappa shape index (κ1) is 31.7. The average Bonchev–Trinajstić information content (AvgIpc) is 3.46. The van der Waals surface area contributed by atoms with E-state index in [4.69, 9.17) is 30.8 Å². The Balaban J connectivity index is 1.24. The molecule has 0 radical (unpaired) electrons. The number of benzene rings is 1. The van der Waals surface area contributed by atoms with Crippen molar-refractivity contribution in [2.45, 2.75) is 71.1 Å². The topological polar surface area (TPSA) is 95.8 Å². The van der Waals surface area contributed by atoms with Crippen molar-refractivity contribution in [1.82, 2.24) is 19.4 Å². The lowest BCUT2D eigenvalue weighted by atomic mass is 9.79. The summed E-state index contributed by atoms with van der Waals surface area (Å²) < 4.78 is 19.5. The van der Waals surface area contributed by atoms with Crippen LogP contribution in [0.1, 0.15) is 59.3 Å². The maximum absolute atomic E-state index is 13.9. The molecule has 1 aliphatic carbocycles. The third kappa shape index (κ3) is 6.13. The van der Waals surface area contributed by atoms with Gasteiger partial charge in [-0.25, -0.2) is 9.78 Å². The van der Waals surface area contributed by atoms with E-state index in [2.05, 4.69) is 16.8 Å². The number of aromatic nitrogens is 3. The van der Waals surface area contributed by atoms with E-state index in [0.29, 0.717) is 46.7 Å². The highest BCUT2D eigenvalue weighted by atomic mass is 35.5. The Morgan fingerprint density at radius 1 is 1.13 bits per heavy atom. The monoisotopic (exact) mass is 650 g/mol. The van der Waals surface area contributed by atoms with Gasteiger partial charge in [0.15, 0.2) is 0 Å². The molecule has 1 unspecified atom stereocenters. The Hall–Kier alpha value is -3.31. The molecule has 0 bridgehead atoms. The molecule has 0 saturated carbocycles. The van der Waals surface area contributed by atoms with Crippen LogP contribution >= 0.6 is 22.9 Å². The van der Waals surface area contributed by atoms with Crippen LogP contribution in [-0.2, 0) is 28.9 Å². The average molecular weight is 651 g/mol. The highest BCUT2D eigenvalue weighted by Crippen LogP contribution is 2.40. The zero-order valence-electron chi connectivity index (χ0n) is 26.4. The number of thiophene rings is 1. The van der Waals surface area contributed by atoms with Crippen molar-refractivity contribution in [1.29, 1.82) is 0 Å². The Kier molecular flexibility index (Phi) is 9.03. The number of nitrogens with zero attached hydrogens (tertiary/aromatic N) is 4. The van der Waals surface area contributed by atoms with E-state index in [9.17, 15) is 9.59 Å². The maximum atomic E-state index is 13.9. The lowest BCUT2D eigenvalue weighted by molar-refractivity contribution is -0.00406. The number of aryl methyl sites for hydroxylation is 3. The summed E-state index contributed by atoms with van der Waals surface area (Å²) in [6.45, 7) is 8.66. The molecule has 238 valence electrons. The van der Waals surface area contributed by atoms with Crippen LogP contribution in [0.15, 0.2) is 34.4 Å². The number of fused-ring (bicyclic) bond motifs is 2. The largest absolute Gasteiger partial charge is 0.491 e. The molecular formula is C34H39ClN4O5S. The van der Waals surface area contributed by atoms with Crippen molar-refractivity contribution in [2.75, 3.05) is 33.9 Å². The number of esters is 1. The molecule has 0 spiro atoms. The summed E-state index contributed by atoms with van der Waals surface area (Å²) in [6, 6.07) is 7.45. The van der Waals surface area contributed by atoms with Crippen molar-refractivity contribution in [3.63, 3.8) is 0 Å². The number of methoxy groups -OCH3 is 2. The van der Waals surface area contributed by atoms with Gasteiger partial charge in [0.1, 0.15) is 18.2 Å². The van der Waals surface area contributed by atoms with Crippen LogP contribution in [0.5, 0.6) is 5.75 Å². The van der Waals surface area contributed by atoms with Gasteiger partial charge < -0.3 is 14.2 Å². The molecule has 4 aromatic rings. The van der Waals surface area contributed by atoms with Crippen molar-refractivity contribution in [2.24, 2.45) is 0 Å². The van der Waals surface area contributed by atoms with E-state index in [1.54, 1.807) is 23.1 Å². The fourth-order valence-electron chi connectivity index (χ4n) is 6.84. The first-order chi connectivity index (χ1) is 21.6. The number of carbonyl (C=O) groups is 1. The molecule has 3 aromatic heterocycles. The van der Waals surface area contributed by atoms with E-state index >= 15 is 0 Å². The van der Waals surface area contributed by atoms with Crippen molar-refractivity contribution in [3.05, 3.63) is 73.4 Å². The Bertz CT molecular complexity index is 1810. The van der Waals surface area contributed by atoms with Gasteiger partial charge in [0, 0.05) is 58.5 Å². The standard InChI is InChI=1S/C34H39ClN4O5S/c1-20-16-25(31-30(36-20)27(19-45-31)33(41)43-5)24-17-22(35)6-7-29(24)44-15-14-39-21(2)37-28-8-11-34(3,18-26(28)32(39)40)38-12-9-23(42-4)10-13-38/h6-7,16-17,19,23H,8-15,18H2,1-5H3. The van der Waals surface area contributed by atoms with Gasteiger partial charge in [-0.15, -0.1) is 11.3 Å². The molecule has 1 saturated heterocycles. The van der Waals surface area contributed by atoms with E-state index in [0.717, 1.165) is 71.6 Å². The Morgan fingerprint density at radius 2 is 1.91 bits per heavy atom. The predicted molar refractivity (Wildman–Crippen MR) is 177 cm³/mol. The lowest BCUT2D eigenvalue weighted by Gasteiger charge is -2.47. The Morgan fingerprint density at radius 3 is 2.64 bits per heavy atom. The number of hydrogen-bond acceptors (Lipinski definition) is 9. The van der Waals surface area contributed by atoms with E-state index < -0.39 is 5.97 Å². The molecule has 1 aromatic carbocycles. The lowest BCUT2D eigenvalue weighted by Crippen LogP contribution is -2.55. The van der Waals surface area contributed by atoms with Gasteiger partial charge in [-0.1, -0.05) is 11.6 Å². The number of ether oxygens (including phenoxy) is 3. The molecule has 9 nitrogen and oxygen atoms in total. The van der Waals surface area contributed by atoms with Crippen molar-refractivity contribution >= 4 is 39.1 Å². The summed E-state index contributed by atoms with van der Waals surface area (Å²) in [5.41, 5.74) is 5.13. The normalized spacial score (nSPS) is 19.1. The molecule has 45 heavy (non-hydrogen) atoms. The first-order valence-electron chi connectivity index (χ1n) is 15.4. The number of rotatable bonds is 8. The third-order valence-corrected chi connectivity index (χ3v) is 10.6. The summed E-state index contributed by atoms with van der Waals surface area (Å²) in [4.78, 5) is 38.4. The summed E-state index contributed by atoms with van der Waals surface area (Å²) >= 11 is 7.89. The fourth-order valence-corrected chi connectivity index (χ4v) is 8.02. The van der Waals surface area contributed by atoms with Gasteiger partial charge in [0.2, 0.25) is 0 Å². The van der Waals surface area contributed by atoms with Crippen LogP contribution in [0.4, 0.5) is 0 Å². The molecule has 6 rings (SSSR count). The van der Waals surface area contributed by atoms with Gasteiger partial charge in [-0.2, -0.15) is 0 Å². The first-order valence-corrected chi connectivity index (χ1v) is 16.6. The number of pyridine rings is 1. The summed E-state index contributed by atoms with van der Waals surface area (Å²) in [5, 5.41) is 2.33. The van der Waals surface area contributed by atoms with Crippen LogP contribution in [0.2, 0.25) is 5.02 Å². The van der Waals surface area contributed by atoms with E-state index in [-0.39, 0.29) is 17.7 Å². The molecule has 1 atom stereocenters. The van der Waals surface area contributed by atoms with E-state index in [1.807, 2.05) is 32.0 Å². The van der Waals surface area contributed by atoms with E-state index in [1.165, 1.54) is 18.4 Å². The Labute approximate surface area is 272 Å². The van der Waals surface area contributed by atoms with Gasteiger partial charge in [-0.05, 0) is 77.1 Å². The van der Waals surface area contributed by atoms with Gasteiger partial charge in [0.25, 0.3) is 5.56 Å². The number of hydrogen-bond donors (Lipinski definition) is 0. The van der Waals surface area contributed by atoms with Crippen molar-refractivity contribution < 1.29 is 19.0 Å². The van der Waals surface area contributed by atoms with Crippen LogP contribution in [-0.4, -0.2) is 71.0 Å². The quantitative estimate of drug-likeness (QED) is 0.214. The van der Waals surface area contributed by atoms with Crippen molar-refractivity contribution in [3.8, 4) is 16.9 Å². The van der Waals surface area contributed by atoms with Gasteiger partial charge in [0.05, 0.1) is 41.2 Å². The zero-order valence-corrected chi connectivity index (χ0v) is 28.0.